The minimum Gasteiger partial charge on any atom is -0.392 e. The van der Waals surface area contributed by atoms with Crippen molar-refractivity contribution in [2.24, 2.45) is 0 Å². The SMILES string of the molecule is CCCCC(CCC)NS(=O)(=O)c1ccc(CO)cc1Br. The number of halogens is 1. The van der Waals surface area contributed by atoms with E-state index in [2.05, 4.69) is 34.5 Å². The van der Waals surface area contributed by atoms with Crippen LogP contribution in [0.2, 0.25) is 0 Å². The van der Waals surface area contributed by atoms with Crippen molar-refractivity contribution >= 4 is 26.0 Å². The topological polar surface area (TPSA) is 66.4 Å². The Morgan fingerprint density at radius 2 is 1.95 bits per heavy atom. The van der Waals surface area contributed by atoms with Gasteiger partial charge in [-0.05, 0) is 46.5 Å². The van der Waals surface area contributed by atoms with Crippen LogP contribution < -0.4 is 4.72 Å². The molecule has 1 rings (SSSR count). The van der Waals surface area contributed by atoms with Crippen LogP contribution in [0.4, 0.5) is 0 Å². The van der Waals surface area contributed by atoms with E-state index in [9.17, 15) is 8.42 Å². The number of hydrogen-bond acceptors (Lipinski definition) is 3. The summed E-state index contributed by atoms with van der Waals surface area (Å²) in [4.78, 5) is 0.220. The fourth-order valence-electron chi connectivity index (χ4n) is 2.20. The van der Waals surface area contributed by atoms with Gasteiger partial charge >= 0.3 is 0 Å². The molecule has 2 N–H and O–H groups in total. The first-order valence-electron chi connectivity index (χ1n) is 7.36. The van der Waals surface area contributed by atoms with Crippen LogP contribution in [-0.4, -0.2) is 19.6 Å². The maximum absolute atomic E-state index is 12.5. The lowest BCUT2D eigenvalue weighted by atomic mass is 10.1. The van der Waals surface area contributed by atoms with Gasteiger partial charge < -0.3 is 5.11 Å². The third-order valence-electron chi connectivity index (χ3n) is 3.33. The molecular weight excluding hydrogens is 354 g/mol. The molecule has 0 saturated heterocycles. The largest absolute Gasteiger partial charge is 0.392 e. The fourth-order valence-corrected chi connectivity index (χ4v) is 4.63. The Morgan fingerprint density at radius 1 is 1.24 bits per heavy atom. The molecule has 4 nitrogen and oxygen atoms in total. The number of unbranched alkanes of at least 4 members (excludes halogenated alkanes) is 1. The summed E-state index contributed by atoms with van der Waals surface area (Å²) in [5.41, 5.74) is 0.678. The van der Waals surface area contributed by atoms with Crippen molar-refractivity contribution in [1.82, 2.24) is 4.72 Å². The van der Waals surface area contributed by atoms with Crippen molar-refractivity contribution in [1.29, 1.82) is 0 Å². The van der Waals surface area contributed by atoms with Gasteiger partial charge in [-0.25, -0.2) is 13.1 Å². The molecule has 6 heteroatoms. The highest BCUT2D eigenvalue weighted by Gasteiger charge is 2.21. The Bertz CT molecular complexity index is 546. The summed E-state index contributed by atoms with van der Waals surface area (Å²) < 4.78 is 28.3. The number of nitrogens with one attached hydrogen (secondary N) is 1. The predicted molar refractivity (Wildman–Crippen MR) is 88.6 cm³/mol. The van der Waals surface area contributed by atoms with Gasteiger partial charge in [0.1, 0.15) is 0 Å². The molecule has 0 fully saturated rings. The molecule has 0 spiro atoms. The molecule has 0 aliphatic heterocycles. The van der Waals surface area contributed by atoms with E-state index in [0.717, 1.165) is 32.1 Å². The Balaban J connectivity index is 2.93. The molecule has 0 heterocycles. The Hall–Kier alpha value is -0.430. The van der Waals surface area contributed by atoms with E-state index in [4.69, 9.17) is 5.11 Å². The highest BCUT2D eigenvalue weighted by Crippen LogP contribution is 2.24. The highest BCUT2D eigenvalue weighted by molar-refractivity contribution is 9.10. The monoisotopic (exact) mass is 377 g/mol. The summed E-state index contributed by atoms with van der Waals surface area (Å²) >= 11 is 3.28. The lowest BCUT2D eigenvalue weighted by Crippen LogP contribution is -2.35. The van der Waals surface area contributed by atoms with Gasteiger partial charge in [0.2, 0.25) is 10.0 Å². The van der Waals surface area contributed by atoms with Gasteiger partial charge in [-0.15, -0.1) is 0 Å². The first kappa shape index (κ1) is 18.6. The smallest absolute Gasteiger partial charge is 0.241 e. The second-order valence-electron chi connectivity index (χ2n) is 5.17. The van der Waals surface area contributed by atoms with Gasteiger partial charge in [-0.3, -0.25) is 0 Å². The van der Waals surface area contributed by atoms with Crippen molar-refractivity contribution in [3.63, 3.8) is 0 Å². The fraction of sp³-hybridized carbons (Fsp3) is 0.600. The summed E-state index contributed by atoms with van der Waals surface area (Å²) in [6.07, 6.45) is 4.71. The molecule has 0 bridgehead atoms. The molecule has 1 aromatic carbocycles. The maximum Gasteiger partial charge on any atom is 0.241 e. The zero-order chi connectivity index (χ0) is 15.9. The van der Waals surface area contributed by atoms with Crippen LogP contribution in [0, 0.1) is 0 Å². The summed E-state index contributed by atoms with van der Waals surface area (Å²) in [6, 6.07) is 4.76. The van der Waals surface area contributed by atoms with Gasteiger partial charge in [0, 0.05) is 10.5 Å². The molecule has 0 radical (unpaired) electrons. The van der Waals surface area contributed by atoms with E-state index >= 15 is 0 Å². The van der Waals surface area contributed by atoms with Crippen LogP contribution in [-0.2, 0) is 16.6 Å². The molecule has 21 heavy (non-hydrogen) atoms. The summed E-state index contributed by atoms with van der Waals surface area (Å²) in [5.74, 6) is 0. The van der Waals surface area contributed by atoms with Crippen LogP contribution >= 0.6 is 15.9 Å². The molecular formula is C15H24BrNO3S. The van der Waals surface area contributed by atoms with E-state index in [0.29, 0.717) is 10.0 Å². The maximum atomic E-state index is 12.5. The zero-order valence-corrected chi connectivity index (χ0v) is 15.0. The predicted octanol–water partition coefficient (Wildman–Crippen LogP) is 3.58. The second kappa shape index (κ2) is 8.88. The Morgan fingerprint density at radius 3 is 2.48 bits per heavy atom. The summed E-state index contributed by atoms with van der Waals surface area (Å²) in [6.45, 7) is 4.04. The van der Waals surface area contributed by atoms with E-state index in [1.54, 1.807) is 12.1 Å². The van der Waals surface area contributed by atoms with Crippen LogP contribution in [0.25, 0.3) is 0 Å². The van der Waals surface area contributed by atoms with Crippen molar-refractivity contribution in [3.8, 4) is 0 Å². The van der Waals surface area contributed by atoms with E-state index < -0.39 is 10.0 Å². The quantitative estimate of drug-likeness (QED) is 0.690. The van der Waals surface area contributed by atoms with Gasteiger partial charge in [-0.2, -0.15) is 0 Å². The molecule has 0 saturated carbocycles. The summed E-state index contributed by atoms with van der Waals surface area (Å²) in [5, 5.41) is 9.08. The number of aliphatic hydroxyl groups is 1. The third-order valence-corrected chi connectivity index (χ3v) is 5.83. The van der Waals surface area contributed by atoms with Crippen molar-refractivity contribution < 1.29 is 13.5 Å². The van der Waals surface area contributed by atoms with Crippen LogP contribution in [0.3, 0.4) is 0 Å². The van der Waals surface area contributed by atoms with Crippen LogP contribution in [0.1, 0.15) is 51.5 Å². The lowest BCUT2D eigenvalue weighted by molar-refractivity contribution is 0.281. The molecule has 1 atom stereocenters. The molecule has 0 aliphatic rings. The molecule has 120 valence electrons. The van der Waals surface area contributed by atoms with Gasteiger partial charge in [-0.1, -0.05) is 39.2 Å². The van der Waals surface area contributed by atoms with Crippen molar-refractivity contribution in [2.75, 3.05) is 0 Å². The van der Waals surface area contributed by atoms with Crippen LogP contribution in [0.15, 0.2) is 27.6 Å². The standard InChI is InChI=1S/C15H24BrNO3S/c1-3-5-7-13(6-4-2)17-21(19,20)15-9-8-12(11-18)10-14(15)16/h8-10,13,17-18H,3-7,11H2,1-2H3. The highest BCUT2D eigenvalue weighted by atomic mass is 79.9. The molecule has 1 aromatic rings. The van der Waals surface area contributed by atoms with Gasteiger partial charge in [0.25, 0.3) is 0 Å². The number of sulfonamides is 1. The first-order chi connectivity index (χ1) is 9.94. The van der Waals surface area contributed by atoms with Crippen molar-refractivity contribution in [2.45, 2.75) is 63.5 Å². The number of benzene rings is 1. The van der Waals surface area contributed by atoms with Gasteiger partial charge in [0.15, 0.2) is 0 Å². The van der Waals surface area contributed by atoms with E-state index in [-0.39, 0.29) is 17.5 Å². The molecule has 0 aromatic heterocycles. The third kappa shape index (κ3) is 5.70. The second-order valence-corrected chi connectivity index (χ2v) is 7.71. The normalized spacial score (nSPS) is 13.3. The number of hydrogen-bond donors (Lipinski definition) is 2. The zero-order valence-electron chi connectivity index (χ0n) is 12.6. The van der Waals surface area contributed by atoms with E-state index in [1.807, 2.05) is 0 Å². The van der Waals surface area contributed by atoms with Gasteiger partial charge in [0.05, 0.1) is 11.5 Å². The molecule has 0 amide bonds. The number of aliphatic hydroxyl groups excluding tert-OH is 1. The minimum atomic E-state index is -3.55. The minimum absolute atomic E-state index is 0.0237. The average Bonchev–Trinajstić information content (AvgIpc) is 2.44. The van der Waals surface area contributed by atoms with Crippen molar-refractivity contribution in [3.05, 3.63) is 28.2 Å². The Kier molecular flexibility index (Phi) is 7.87. The molecule has 0 aliphatic carbocycles. The molecule has 1 unspecified atom stereocenters. The lowest BCUT2D eigenvalue weighted by Gasteiger charge is -2.18. The average molecular weight is 378 g/mol. The first-order valence-corrected chi connectivity index (χ1v) is 9.63. The summed E-state index contributed by atoms with van der Waals surface area (Å²) in [7, 11) is -3.55. The van der Waals surface area contributed by atoms with E-state index in [1.165, 1.54) is 6.07 Å². The number of rotatable bonds is 9. The van der Waals surface area contributed by atoms with Crippen LogP contribution in [0.5, 0.6) is 0 Å². The Labute approximate surface area is 136 Å².